The fourth-order valence-electron chi connectivity index (χ4n) is 7.76. The van der Waals surface area contributed by atoms with Crippen LogP contribution in [-0.2, 0) is 28.6 Å². The normalized spacial score (nSPS) is 12.2. The molecule has 0 aromatic heterocycles. The Balaban J connectivity index is 4.36. The molecule has 1 atom stereocenters. The number of hydrogen-bond donors (Lipinski definition) is 0. The quantitative estimate of drug-likeness (QED) is 0.0262. The van der Waals surface area contributed by atoms with Crippen LogP contribution in [0.3, 0.4) is 0 Å². The molecule has 0 bridgehead atoms. The summed E-state index contributed by atoms with van der Waals surface area (Å²) in [6.45, 7) is 6.61. The Kier molecular flexibility index (Phi) is 49.3. The molecule has 0 saturated heterocycles. The zero-order valence-electron chi connectivity index (χ0n) is 41.4. The van der Waals surface area contributed by atoms with Crippen LogP contribution >= 0.6 is 0 Å². The molecule has 0 heterocycles. The van der Waals surface area contributed by atoms with Crippen molar-refractivity contribution >= 4 is 17.9 Å². The van der Waals surface area contributed by atoms with Crippen molar-refractivity contribution in [1.29, 1.82) is 0 Å². The summed E-state index contributed by atoms with van der Waals surface area (Å²) in [5, 5.41) is 0. The third-order valence-corrected chi connectivity index (χ3v) is 11.9. The summed E-state index contributed by atoms with van der Waals surface area (Å²) in [6, 6.07) is 0. The van der Waals surface area contributed by atoms with E-state index in [1.165, 1.54) is 167 Å². The average molecular weight is 871 g/mol. The topological polar surface area (TPSA) is 78.9 Å². The van der Waals surface area contributed by atoms with Gasteiger partial charge in [0, 0.05) is 19.3 Å². The zero-order valence-corrected chi connectivity index (χ0v) is 41.4. The lowest BCUT2D eigenvalue weighted by atomic mass is 10.0. The molecule has 0 rings (SSSR count). The first kappa shape index (κ1) is 59.6. The van der Waals surface area contributed by atoms with E-state index < -0.39 is 6.10 Å². The van der Waals surface area contributed by atoms with E-state index in [9.17, 15) is 14.4 Å². The Morgan fingerprint density at radius 1 is 0.323 bits per heavy atom. The van der Waals surface area contributed by atoms with Crippen molar-refractivity contribution in [3.05, 3.63) is 36.5 Å². The van der Waals surface area contributed by atoms with Gasteiger partial charge in [-0.1, -0.05) is 224 Å². The average Bonchev–Trinajstić information content (AvgIpc) is 3.27. The van der Waals surface area contributed by atoms with Gasteiger partial charge in [-0.05, 0) is 77.0 Å². The zero-order chi connectivity index (χ0) is 45.1. The van der Waals surface area contributed by atoms with E-state index in [2.05, 4.69) is 57.2 Å². The number of carbonyl (C=O) groups excluding carboxylic acids is 3. The number of hydrogen-bond acceptors (Lipinski definition) is 6. The molecule has 0 N–H and O–H groups in total. The van der Waals surface area contributed by atoms with Crippen molar-refractivity contribution < 1.29 is 28.6 Å². The van der Waals surface area contributed by atoms with Gasteiger partial charge in [0.1, 0.15) is 13.2 Å². The maximum absolute atomic E-state index is 12.8. The molecule has 0 aliphatic carbocycles. The highest BCUT2D eigenvalue weighted by Gasteiger charge is 2.19. The molecular formula is C56H102O6. The SMILES string of the molecule is CCCCC/C=C/C/C=C/CCCCCCCCCC(=O)OC[C@@H](COC(=O)CCCCCCC/C=C/CCCCCC)OC(=O)CCCCCCCCCCCCCCCC. The van der Waals surface area contributed by atoms with Gasteiger partial charge < -0.3 is 14.2 Å². The van der Waals surface area contributed by atoms with Crippen LogP contribution in [0.25, 0.3) is 0 Å². The van der Waals surface area contributed by atoms with Gasteiger partial charge in [0.25, 0.3) is 0 Å². The van der Waals surface area contributed by atoms with Crippen LogP contribution in [0.5, 0.6) is 0 Å². The van der Waals surface area contributed by atoms with Crippen LogP contribution in [0.1, 0.15) is 284 Å². The molecule has 362 valence electrons. The second-order valence-electron chi connectivity index (χ2n) is 18.1. The number of esters is 3. The van der Waals surface area contributed by atoms with Gasteiger partial charge in [0.15, 0.2) is 6.10 Å². The number of unbranched alkanes of at least 4 members (excludes halogenated alkanes) is 32. The summed E-state index contributed by atoms with van der Waals surface area (Å²) < 4.78 is 16.8. The lowest BCUT2D eigenvalue weighted by molar-refractivity contribution is -0.167. The van der Waals surface area contributed by atoms with E-state index >= 15 is 0 Å². The minimum absolute atomic E-state index is 0.0759. The van der Waals surface area contributed by atoms with Gasteiger partial charge in [-0.2, -0.15) is 0 Å². The standard InChI is InChI=1S/C56H102O6/c1-4-7-10-13-16-19-22-25-27-28-29-32-34-37-40-43-46-49-55(58)61-52-53(51-60-54(57)48-45-42-39-36-33-30-24-21-18-15-12-9-6-3)62-56(59)50-47-44-41-38-35-31-26-23-20-17-14-11-8-5-2/h16,19,21,24-25,27,53H,4-15,17-18,20,22-23,26,28-52H2,1-3H3/b19-16+,24-21+,27-25+/t53-/m1/s1. The largest absolute Gasteiger partial charge is 0.462 e. The van der Waals surface area contributed by atoms with E-state index in [0.717, 1.165) is 77.0 Å². The minimum atomic E-state index is -0.774. The Hall–Kier alpha value is -2.37. The van der Waals surface area contributed by atoms with Crippen molar-refractivity contribution in [2.24, 2.45) is 0 Å². The maximum atomic E-state index is 12.8. The van der Waals surface area contributed by atoms with Crippen molar-refractivity contribution in [1.82, 2.24) is 0 Å². The lowest BCUT2D eigenvalue weighted by Gasteiger charge is -2.18. The molecule has 6 heteroatoms. The minimum Gasteiger partial charge on any atom is -0.462 e. The Morgan fingerprint density at radius 2 is 0.581 bits per heavy atom. The molecule has 0 aromatic carbocycles. The van der Waals surface area contributed by atoms with E-state index in [0.29, 0.717) is 19.3 Å². The van der Waals surface area contributed by atoms with E-state index in [1.807, 2.05) is 0 Å². The summed E-state index contributed by atoms with van der Waals surface area (Å²) >= 11 is 0. The molecule has 0 aliphatic rings. The fourth-order valence-corrected chi connectivity index (χ4v) is 7.76. The number of allylic oxidation sites excluding steroid dienone is 6. The molecule has 0 aliphatic heterocycles. The van der Waals surface area contributed by atoms with Crippen LogP contribution in [0.2, 0.25) is 0 Å². The third kappa shape index (κ3) is 48.7. The molecular weight excluding hydrogens is 769 g/mol. The van der Waals surface area contributed by atoms with Gasteiger partial charge in [0.2, 0.25) is 0 Å². The highest BCUT2D eigenvalue weighted by Crippen LogP contribution is 2.16. The first-order chi connectivity index (χ1) is 30.5. The van der Waals surface area contributed by atoms with Crippen LogP contribution < -0.4 is 0 Å². The highest BCUT2D eigenvalue weighted by atomic mass is 16.6. The summed E-state index contributed by atoms with van der Waals surface area (Å²) in [5.74, 6) is -0.879. The van der Waals surface area contributed by atoms with Crippen LogP contribution in [0, 0.1) is 0 Å². The first-order valence-corrected chi connectivity index (χ1v) is 27.0. The van der Waals surface area contributed by atoms with Gasteiger partial charge >= 0.3 is 17.9 Å². The van der Waals surface area contributed by atoms with Crippen molar-refractivity contribution in [3.8, 4) is 0 Å². The van der Waals surface area contributed by atoms with Gasteiger partial charge in [0.05, 0.1) is 0 Å². The molecule has 0 spiro atoms. The third-order valence-electron chi connectivity index (χ3n) is 11.9. The predicted octanol–water partition coefficient (Wildman–Crippen LogP) is 17.7. The summed E-state index contributed by atoms with van der Waals surface area (Å²) in [5.41, 5.74) is 0. The molecule has 62 heavy (non-hydrogen) atoms. The molecule has 0 radical (unpaired) electrons. The monoisotopic (exact) mass is 871 g/mol. The second kappa shape index (κ2) is 51.3. The second-order valence-corrected chi connectivity index (χ2v) is 18.1. The summed E-state index contributed by atoms with van der Waals surface area (Å²) in [7, 11) is 0. The molecule has 0 unspecified atom stereocenters. The highest BCUT2D eigenvalue weighted by molar-refractivity contribution is 5.71. The van der Waals surface area contributed by atoms with Crippen LogP contribution in [0.15, 0.2) is 36.5 Å². The Morgan fingerprint density at radius 3 is 0.952 bits per heavy atom. The van der Waals surface area contributed by atoms with Gasteiger partial charge in [-0.25, -0.2) is 0 Å². The van der Waals surface area contributed by atoms with Crippen LogP contribution in [-0.4, -0.2) is 37.2 Å². The molecule has 0 amide bonds. The predicted molar refractivity (Wildman–Crippen MR) is 266 cm³/mol. The van der Waals surface area contributed by atoms with Gasteiger partial charge in [-0.3, -0.25) is 14.4 Å². The number of rotatable bonds is 49. The van der Waals surface area contributed by atoms with E-state index in [1.54, 1.807) is 0 Å². The Labute approximate surface area is 385 Å². The van der Waals surface area contributed by atoms with E-state index in [-0.39, 0.29) is 31.1 Å². The molecule has 0 saturated carbocycles. The Bertz CT molecular complexity index is 1050. The number of carbonyl (C=O) groups is 3. The van der Waals surface area contributed by atoms with Crippen LogP contribution in [0.4, 0.5) is 0 Å². The smallest absolute Gasteiger partial charge is 0.306 e. The number of ether oxygens (including phenoxy) is 3. The van der Waals surface area contributed by atoms with Crippen molar-refractivity contribution in [2.45, 2.75) is 290 Å². The van der Waals surface area contributed by atoms with Gasteiger partial charge in [-0.15, -0.1) is 0 Å². The van der Waals surface area contributed by atoms with E-state index in [4.69, 9.17) is 14.2 Å². The molecule has 6 nitrogen and oxygen atoms in total. The summed E-state index contributed by atoms with van der Waals surface area (Å²) in [6.07, 6.45) is 59.8. The molecule has 0 fully saturated rings. The fraction of sp³-hybridized carbons (Fsp3) is 0.839. The van der Waals surface area contributed by atoms with Crippen molar-refractivity contribution in [2.75, 3.05) is 13.2 Å². The summed E-state index contributed by atoms with van der Waals surface area (Å²) in [4.78, 5) is 38.0. The lowest BCUT2D eigenvalue weighted by Crippen LogP contribution is -2.30. The van der Waals surface area contributed by atoms with Crippen molar-refractivity contribution in [3.63, 3.8) is 0 Å². The maximum Gasteiger partial charge on any atom is 0.306 e. The molecule has 0 aromatic rings. The first-order valence-electron chi connectivity index (χ1n) is 27.0.